The Labute approximate surface area is 171 Å². The molecule has 1 aromatic heterocycles. The summed E-state index contributed by atoms with van der Waals surface area (Å²) in [5, 5.41) is 4.72. The van der Waals surface area contributed by atoms with Crippen LogP contribution in [0, 0.1) is 0 Å². The van der Waals surface area contributed by atoms with Crippen LogP contribution in [0.3, 0.4) is 0 Å². The van der Waals surface area contributed by atoms with E-state index in [4.69, 9.17) is 11.6 Å². The van der Waals surface area contributed by atoms with E-state index in [-0.39, 0.29) is 11.4 Å². The number of anilines is 1. The molecule has 1 aromatic carbocycles. The van der Waals surface area contributed by atoms with Gasteiger partial charge in [-0.1, -0.05) is 25.4 Å². The van der Waals surface area contributed by atoms with Crippen molar-refractivity contribution >= 4 is 29.4 Å². The van der Waals surface area contributed by atoms with Gasteiger partial charge in [-0.15, -0.1) is 0 Å². The van der Waals surface area contributed by atoms with E-state index in [9.17, 15) is 4.79 Å². The Kier molecular flexibility index (Phi) is 6.04. The number of hydrogen-bond acceptors (Lipinski definition) is 4. The van der Waals surface area contributed by atoms with Crippen LogP contribution >= 0.6 is 11.6 Å². The van der Waals surface area contributed by atoms with Crippen LogP contribution in [0.25, 0.3) is 0 Å². The average molecular weight is 399 g/mol. The SMILES string of the molecule is CCCN1c2cc(Cl)c(/C=N\NC(=O)c3cccnc3)cc2C(C)CC1(C)C. The van der Waals surface area contributed by atoms with Crippen LogP contribution in [-0.2, 0) is 0 Å². The van der Waals surface area contributed by atoms with Gasteiger partial charge in [-0.3, -0.25) is 9.78 Å². The lowest BCUT2D eigenvalue weighted by molar-refractivity contribution is 0.0955. The largest absolute Gasteiger partial charge is 0.366 e. The molecule has 1 atom stereocenters. The lowest BCUT2D eigenvalue weighted by atomic mass is 9.79. The highest BCUT2D eigenvalue weighted by atomic mass is 35.5. The fourth-order valence-corrected chi connectivity index (χ4v) is 4.20. The number of halogens is 1. The number of rotatable bonds is 5. The first-order chi connectivity index (χ1) is 13.3. The second-order valence-corrected chi connectivity index (χ2v) is 8.35. The van der Waals surface area contributed by atoms with E-state index in [0.717, 1.165) is 24.9 Å². The zero-order valence-electron chi connectivity index (χ0n) is 16.9. The van der Waals surface area contributed by atoms with Gasteiger partial charge in [0.2, 0.25) is 0 Å². The van der Waals surface area contributed by atoms with Crippen molar-refractivity contribution in [2.24, 2.45) is 5.10 Å². The monoisotopic (exact) mass is 398 g/mol. The lowest BCUT2D eigenvalue weighted by Crippen LogP contribution is -2.48. The summed E-state index contributed by atoms with van der Waals surface area (Å²) in [7, 11) is 0. The van der Waals surface area contributed by atoms with Crippen molar-refractivity contribution in [2.45, 2.75) is 52.0 Å². The van der Waals surface area contributed by atoms with Gasteiger partial charge in [0.15, 0.2) is 0 Å². The highest BCUT2D eigenvalue weighted by Gasteiger charge is 2.36. The summed E-state index contributed by atoms with van der Waals surface area (Å²) in [6.45, 7) is 10.0. The number of fused-ring (bicyclic) bond motifs is 1. The van der Waals surface area contributed by atoms with Gasteiger partial charge >= 0.3 is 0 Å². The Morgan fingerprint density at radius 3 is 2.93 bits per heavy atom. The van der Waals surface area contributed by atoms with Crippen LogP contribution in [0.15, 0.2) is 41.8 Å². The smallest absolute Gasteiger partial charge is 0.272 e. The van der Waals surface area contributed by atoms with Crippen molar-refractivity contribution in [3.05, 3.63) is 58.4 Å². The van der Waals surface area contributed by atoms with E-state index in [1.165, 1.54) is 17.4 Å². The van der Waals surface area contributed by atoms with Crippen molar-refractivity contribution in [3.8, 4) is 0 Å². The van der Waals surface area contributed by atoms with Gasteiger partial charge in [0.25, 0.3) is 5.91 Å². The van der Waals surface area contributed by atoms with Crippen LogP contribution in [0.1, 0.15) is 67.9 Å². The maximum atomic E-state index is 12.1. The van der Waals surface area contributed by atoms with Crippen LogP contribution in [-0.4, -0.2) is 29.2 Å². The predicted octanol–water partition coefficient (Wildman–Crippen LogP) is 5.00. The first-order valence-electron chi connectivity index (χ1n) is 9.68. The molecular weight excluding hydrogens is 372 g/mol. The molecule has 2 aromatic rings. The molecule has 0 saturated carbocycles. The molecule has 0 spiro atoms. The summed E-state index contributed by atoms with van der Waals surface area (Å²) in [5.41, 5.74) is 6.36. The lowest BCUT2D eigenvalue weighted by Gasteiger charge is -2.47. The van der Waals surface area contributed by atoms with Crippen molar-refractivity contribution in [1.82, 2.24) is 10.4 Å². The molecule has 1 aliphatic rings. The zero-order chi connectivity index (χ0) is 20.3. The van der Waals surface area contributed by atoms with Crippen LogP contribution in [0.5, 0.6) is 0 Å². The number of carbonyl (C=O) groups excluding carboxylic acids is 1. The van der Waals surface area contributed by atoms with Crippen molar-refractivity contribution in [2.75, 3.05) is 11.4 Å². The van der Waals surface area contributed by atoms with E-state index in [0.29, 0.717) is 16.5 Å². The van der Waals surface area contributed by atoms with Gasteiger partial charge in [-0.2, -0.15) is 5.10 Å². The summed E-state index contributed by atoms with van der Waals surface area (Å²) in [6.07, 6.45) is 6.89. The number of amides is 1. The van der Waals surface area contributed by atoms with Gasteiger partial charge in [-0.05, 0) is 62.4 Å². The fourth-order valence-electron chi connectivity index (χ4n) is 3.99. The summed E-state index contributed by atoms with van der Waals surface area (Å²) in [5.74, 6) is 0.121. The summed E-state index contributed by atoms with van der Waals surface area (Å²) < 4.78 is 0. The highest BCUT2D eigenvalue weighted by molar-refractivity contribution is 6.33. The Morgan fingerprint density at radius 2 is 2.25 bits per heavy atom. The van der Waals surface area contributed by atoms with E-state index in [2.05, 4.69) is 54.2 Å². The fraction of sp³-hybridized carbons (Fsp3) is 0.409. The number of carbonyl (C=O) groups is 1. The normalized spacial score (nSPS) is 18.2. The third kappa shape index (κ3) is 4.20. The Hall–Kier alpha value is -2.40. The molecular formula is C22H27ClN4O. The van der Waals surface area contributed by atoms with Crippen molar-refractivity contribution < 1.29 is 4.79 Å². The van der Waals surface area contributed by atoms with E-state index >= 15 is 0 Å². The Bertz CT molecular complexity index is 880. The molecule has 0 fully saturated rings. The maximum Gasteiger partial charge on any atom is 0.272 e. The van der Waals surface area contributed by atoms with Gasteiger partial charge in [0, 0.05) is 35.7 Å². The molecule has 5 nitrogen and oxygen atoms in total. The van der Waals surface area contributed by atoms with Crippen molar-refractivity contribution in [3.63, 3.8) is 0 Å². The minimum atomic E-state index is -0.303. The number of aromatic nitrogens is 1. The van der Waals surface area contributed by atoms with Crippen LogP contribution in [0.2, 0.25) is 5.02 Å². The second kappa shape index (κ2) is 8.31. The molecule has 28 heavy (non-hydrogen) atoms. The molecule has 0 radical (unpaired) electrons. The molecule has 6 heteroatoms. The minimum absolute atomic E-state index is 0.0963. The molecule has 3 rings (SSSR count). The molecule has 0 aliphatic carbocycles. The summed E-state index contributed by atoms with van der Waals surface area (Å²) in [6, 6.07) is 7.54. The first-order valence-corrected chi connectivity index (χ1v) is 10.1. The minimum Gasteiger partial charge on any atom is -0.366 e. The van der Waals surface area contributed by atoms with Gasteiger partial charge in [-0.25, -0.2) is 5.43 Å². The van der Waals surface area contributed by atoms with Gasteiger partial charge < -0.3 is 4.90 Å². The molecule has 0 bridgehead atoms. The average Bonchev–Trinajstić information content (AvgIpc) is 2.66. The van der Waals surface area contributed by atoms with Crippen molar-refractivity contribution in [1.29, 1.82) is 0 Å². The number of pyridine rings is 1. The molecule has 148 valence electrons. The van der Waals surface area contributed by atoms with E-state index < -0.39 is 0 Å². The third-order valence-corrected chi connectivity index (χ3v) is 5.57. The maximum absolute atomic E-state index is 12.1. The number of benzene rings is 1. The Balaban J connectivity index is 1.84. The zero-order valence-corrected chi connectivity index (χ0v) is 17.6. The van der Waals surface area contributed by atoms with Crippen LogP contribution in [0.4, 0.5) is 5.69 Å². The second-order valence-electron chi connectivity index (χ2n) is 7.94. The molecule has 0 saturated heterocycles. The molecule has 1 unspecified atom stereocenters. The summed E-state index contributed by atoms with van der Waals surface area (Å²) in [4.78, 5) is 18.5. The highest BCUT2D eigenvalue weighted by Crippen LogP contribution is 2.45. The standard InChI is InChI=1S/C22H27ClN4O/c1-5-9-27-20-11-19(23)17(10-18(20)15(2)12-22(27,3)4)14-25-26-21(28)16-7-6-8-24-13-16/h6-8,10-11,13-15H,5,9,12H2,1-4H3,(H,26,28)/b25-14-. The predicted molar refractivity (Wildman–Crippen MR) is 115 cm³/mol. The first kappa shape index (κ1) is 20.3. The molecule has 1 aliphatic heterocycles. The van der Waals surface area contributed by atoms with E-state index in [1.54, 1.807) is 24.5 Å². The molecule has 1 N–H and O–H groups in total. The quantitative estimate of drug-likeness (QED) is 0.569. The van der Waals surface area contributed by atoms with Crippen LogP contribution < -0.4 is 10.3 Å². The topological polar surface area (TPSA) is 57.6 Å². The number of nitrogens with zero attached hydrogens (tertiary/aromatic N) is 3. The molecule has 2 heterocycles. The molecule has 1 amide bonds. The van der Waals surface area contributed by atoms with E-state index in [1.807, 2.05) is 6.07 Å². The number of hydrazone groups is 1. The number of hydrogen-bond donors (Lipinski definition) is 1. The third-order valence-electron chi connectivity index (χ3n) is 5.24. The summed E-state index contributed by atoms with van der Waals surface area (Å²) >= 11 is 6.56. The number of nitrogens with one attached hydrogen (secondary N) is 1. The van der Waals surface area contributed by atoms with Gasteiger partial charge in [0.1, 0.15) is 0 Å². The Morgan fingerprint density at radius 1 is 1.46 bits per heavy atom. The van der Waals surface area contributed by atoms with Gasteiger partial charge in [0.05, 0.1) is 16.8 Å².